The van der Waals surface area contributed by atoms with Crippen LogP contribution in [0.1, 0.15) is 34.1 Å². The predicted octanol–water partition coefficient (Wildman–Crippen LogP) is 0.359. The molecule has 104 valence electrons. The molecule has 0 spiro atoms. The molecule has 0 aromatic carbocycles. The first-order valence-electron chi connectivity index (χ1n) is 6.56. The van der Waals surface area contributed by atoms with Crippen molar-refractivity contribution in [2.75, 3.05) is 26.2 Å². The Bertz CT molecular complexity index is 310. The van der Waals surface area contributed by atoms with Crippen molar-refractivity contribution in [3.63, 3.8) is 0 Å². The Morgan fingerprint density at radius 3 is 2.61 bits per heavy atom. The van der Waals surface area contributed by atoms with Crippen molar-refractivity contribution in [2.45, 2.75) is 40.2 Å². The quantitative estimate of drug-likeness (QED) is 0.765. The standard InChI is InChI=1S/C13H25N3O2/c1-10-8-14-5-6-16(10)12(18)9-15-11(17)7-13(2,3)4/h10,14H,5-9H2,1-4H3,(H,15,17)/t10-/m1/s1. The zero-order valence-corrected chi connectivity index (χ0v) is 11.9. The number of nitrogens with zero attached hydrogens (tertiary/aromatic N) is 1. The van der Waals surface area contributed by atoms with Crippen LogP contribution >= 0.6 is 0 Å². The number of carbonyl (C=O) groups excluding carboxylic acids is 2. The van der Waals surface area contributed by atoms with Crippen molar-refractivity contribution in [1.29, 1.82) is 0 Å². The van der Waals surface area contributed by atoms with E-state index < -0.39 is 0 Å². The highest BCUT2D eigenvalue weighted by Gasteiger charge is 2.23. The average Bonchev–Trinajstić information content (AvgIpc) is 2.24. The molecule has 1 aliphatic rings. The summed E-state index contributed by atoms with van der Waals surface area (Å²) >= 11 is 0. The molecule has 0 saturated carbocycles. The van der Waals surface area contributed by atoms with Gasteiger partial charge >= 0.3 is 0 Å². The molecule has 0 radical (unpaired) electrons. The van der Waals surface area contributed by atoms with Crippen molar-refractivity contribution in [3.05, 3.63) is 0 Å². The van der Waals surface area contributed by atoms with Gasteiger partial charge in [-0.2, -0.15) is 0 Å². The Balaban J connectivity index is 2.34. The number of rotatable bonds is 3. The molecule has 5 heteroatoms. The summed E-state index contributed by atoms with van der Waals surface area (Å²) in [7, 11) is 0. The third-order valence-electron chi connectivity index (χ3n) is 2.95. The summed E-state index contributed by atoms with van der Waals surface area (Å²) < 4.78 is 0. The van der Waals surface area contributed by atoms with E-state index in [1.54, 1.807) is 0 Å². The van der Waals surface area contributed by atoms with Crippen molar-refractivity contribution in [1.82, 2.24) is 15.5 Å². The zero-order valence-electron chi connectivity index (χ0n) is 11.9. The lowest BCUT2D eigenvalue weighted by atomic mass is 9.92. The third-order valence-corrected chi connectivity index (χ3v) is 2.95. The monoisotopic (exact) mass is 255 g/mol. The zero-order chi connectivity index (χ0) is 13.8. The van der Waals surface area contributed by atoms with E-state index in [9.17, 15) is 9.59 Å². The second-order valence-electron chi connectivity index (χ2n) is 6.15. The van der Waals surface area contributed by atoms with Gasteiger partial charge in [-0.25, -0.2) is 0 Å². The molecule has 2 N–H and O–H groups in total. The second kappa shape index (κ2) is 6.18. The van der Waals surface area contributed by atoms with Crippen LogP contribution in [0.25, 0.3) is 0 Å². The molecule has 5 nitrogen and oxygen atoms in total. The van der Waals surface area contributed by atoms with E-state index in [1.807, 2.05) is 32.6 Å². The van der Waals surface area contributed by atoms with E-state index in [0.29, 0.717) is 6.42 Å². The van der Waals surface area contributed by atoms with Crippen LogP contribution in [0.5, 0.6) is 0 Å². The van der Waals surface area contributed by atoms with E-state index >= 15 is 0 Å². The molecular weight excluding hydrogens is 230 g/mol. The number of piperazine rings is 1. The second-order valence-corrected chi connectivity index (χ2v) is 6.15. The highest BCUT2D eigenvalue weighted by molar-refractivity contribution is 5.85. The summed E-state index contributed by atoms with van der Waals surface area (Å²) in [5, 5.41) is 5.94. The van der Waals surface area contributed by atoms with Crippen molar-refractivity contribution >= 4 is 11.8 Å². The molecule has 0 aromatic heterocycles. The summed E-state index contributed by atoms with van der Waals surface area (Å²) in [6, 6.07) is 0.200. The molecular formula is C13H25N3O2. The first-order valence-corrected chi connectivity index (χ1v) is 6.56. The smallest absolute Gasteiger partial charge is 0.242 e. The van der Waals surface area contributed by atoms with Crippen LogP contribution < -0.4 is 10.6 Å². The largest absolute Gasteiger partial charge is 0.347 e. The molecule has 1 rings (SSSR count). The number of hydrogen-bond donors (Lipinski definition) is 2. The minimum absolute atomic E-state index is 0.00580. The van der Waals surface area contributed by atoms with Crippen LogP contribution in [0, 0.1) is 5.41 Å². The molecule has 1 heterocycles. The van der Waals surface area contributed by atoms with Crippen LogP contribution in [-0.4, -0.2) is 48.9 Å². The Hall–Kier alpha value is -1.10. The number of carbonyl (C=O) groups is 2. The van der Waals surface area contributed by atoms with Crippen molar-refractivity contribution < 1.29 is 9.59 Å². The van der Waals surface area contributed by atoms with Crippen LogP contribution in [0.3, 0.4) is 0 Å². The van der Waals surface area contributed by atoms with Gasteiger partial charge in [0.25, 0.3) is 0 Å². The Kier molecular flexibility index (Phi) is 5.14. The van der Waals surface area contributed by atoms with Gasteiger partial charge in [-0.05, 0) is 12.3 Å². The Morgan fingerprint density at radius 1 is 1.39 bits per heavy atom. The molecule has 0 aliphatic carbocycles. The molecule has 0 unspecified atom stereocenters. The fraction of sp³-hybridized carbons (Fsp3) is 0.846. The Morgan fingerprint density at radius 2 is 2.06 bits per heavy atom. The topological polar surface area (TPSA) is 61.4 Å². The lowest BCUT2D eigenvalue weighted by Crippen LogP contribution is -2.54. The van der Waals surface area contributed by atoms with Crippen molar-refractivity contribution in [3.8, 4) is 0 Å². The molecule has 1 atom stereocenters. The molecule has 18 heavy (non-hydrogen) atoms. The molecule has 1 fully saturated rings. The van der Waals surface area contributed by atoms with Gasteiger partial charge in [-0.15, -0.1) is 0 Å². The van der Waals surface area contributed by atoms with Gasteiger partial charge in [0.05, 0.1) is 6.54 Å². The molecule has 0 bridgehead atoms. The minimum Gasteiger partial charge on any atom is -0.347 e. The summed E-state index contributed by atoms with van der Waals surface area (Å²) in [5.41, 5.74) is -0.0462. The first kappa shape index (κ1) is 15.0. The van der Waals surface area contributed by atoms with E-state index in [-0.39, 0.29) is 29.8 Å². The molecule has 2 amide bonds. The highest BCUT2D eigenvalue weighted by Crippen LogP contribution is 2.17. The maximum absolute atomic E-state index is 12.0. The lowest BCUT2D eigenvalue weighted by Gasteiger charge is -2.34. The van der Waals surface area contributed by atoms with Gasteiger partial charge in [0.2, 0.25) is 11.8 Å². The van der Waals surface area contributed by atoms with Gasteiger partial charge < -0.3 is 15.5 Å². The number of nitrogens with one attached hydrogen (secondary N) is 2. The van der Waals surface area contributed by atoms with Gasteiger partial charge in [0.1, 0.15) is 0 Å². The van der Waals surface area contributed by atoms with E-state index in [4.69, 9.17) is 0 Å². The summed E-state index contributed by atoms with van der Waals surface area (Å²) in [6.45, 7) is 10.5. The number of amides is 2. The van der Waals surface area contributed by atoms with Crippen LogP contribution in [0.2, 0.25) is 0 Å². The third kappa shape index (κ3) is 5.04. The lowest BCUT2D eigenvalue weighted by molar-refractivity contribution is -0.135. The maximum atomic E-state index is 12.0. The fourth-order valence-electron chi connectivity index (χ4n) is 2.03. The normalized spacial score (nSPS) is 20.7. The van der Waals surface area contributed by atoms with Gasteiger partial charge in [-0.3, -0.25) is 9.59 Å². The van der Waals surface area contributed by atoms with Crippen LogP contribution in [0.4, 0.5) is 0 Å². The number of hydrogen-bond acceptors (Lipinski definition) is 3. The molecule has 0 aromatic rings. The van der Waals surface area contributed by atoms with Gasteiger partial charge in [0, 0.05) is 32.1 Å². The van der Waals surface area contributed by atoms with Crippen LogP contribution in [0.15, 0.2) is 0 Å². The summed E-state index contributed by atoms with van der Waals surface area (Å²) in [5.74, 6) is -0.0510. The SMILES string of the molecule is C[C@@H]1CNCCN1C(=O)CNC(=O)CC(C)(C)C. The first-order chi connectivity index (χ1) is 8.29. The molecule has 1 aliphatic heterocycles. The van der Waals surface area contributed by atoms with E-state index in [1.165, 1.54) is 0 Å². The fourth-order valence-corrected chi connectivity index (χ4v) is 2.03. The molecule has 1 saturated heterocycles. The van der Waals surface area contributed by atoms with E-state index in [2.05, 4.69) is 10.6 Å². The minimum atomic E-state index is -0.0568. The summed E-state index contributed by atoms with van der Waals surface area (Å²) in [6.07, 6.45) is 0.442. The average molecular weight is 255 g/mol. The maximum Gasteiger partial charge on any atom is 0.242 e. The van der Waals surface area contributed by atoms with Crippen molar-refractivity contribution in [2.24, 2.45) is 5.41 Å². The summed E-state index contributed by atoms with van der Waals surface area (Å²) in [4.78, 5) is 25.4. The van der Waals surface area contributed by atoms with Gasteiger partial charge in [-0.1, -0.05) is 20.8 Å². The van der Waals surface area contributed by atoms with Gasteiger partial charge in [0.15, 0.2) is 0 Å². The highest BCUT2D eigenvalue weighted by atomic mass is 16.2. The predicted molar refractivity (Wildman–Crippen MR) is 71.1 cm³/mol. The Labute approximate surface area is 109 Å². The van der Waals surface area contributed by atoms with E-state index in [0.717, 1.165) is 19.6 Å². The van der Waals surface area contributed by atoms with Crippen LogP contribution in [-0.2, 0) is 9.59 Å².